The van der Waals surface area contributed by atoms with Crippen LogP contribution < -0.4 is 36.3 Å². The van der Waals surface area contributed by atoms with Crippen LogP contribution in [-0.2, 0) is 32.9 Å². The molecule has 0 amide bonds. The predicted molar refractivity (Wildman–Crippen MR) is 246 cm³/mol. The van der Waals surface area contributed by atoms with Gasteiger partial charge in [0.2, 0.25) is 0 Å². The molecule has 2 fully saturated rings. The second kappa shape index (κ2) is 16.9. The number of rotatable bonds is 9. The topological polar surface area (TPSA) is 155 Å². The van der Waals surface area contributed by atoms with Crippen LogP contribution in [0.3, 0.4) is 0 Å². The van der Waals surface area contributed by atoms with E-state index in [2.05, 4.69) is 0 Å². The number of fused-ring (bicyclic) bond motifs is 2. The van der Waals surface area contributed by atoms with Crippen molar-refractivity contribution in [1.82, 2.24) is 0 Å². The quantitative estimate of drug-likeness (QED) is 0.154. The van der Waals surface area contributed by atoms with Gasteiger partial charge in [-0.1, -0.05) is 212 Å². The third-order valence-electron chi connectivity index (χ3n) is 10.3. The molecule has 7 aromatic rings. The monoisotopic (exact) mass is 946 g/mol. The van der Waals surface area contributed by atoms with E-state index in [9.17, 15) is 19.2 Å². The van der Waals surface area contributed by atoms with Crippen molar-refractivity contribution in [1.29, 1.82) is 0 Å². The van der Waals surface area contributed by atoms with Gasteiger partial charge in [0, 0.05) is 31.1 Å². The molecular weight excluding hydrogens is 905 g/mol. The molecule has 9 rings (SSSR count). The lowest BCUT2D eigenvalue weighted by atomic mass is 10.4. The minimum Gasteiger partial charge on any atom is -0.408 e. The summed E-state index contributed by atoms with van der Waals surface area (Å²) in [5, 5.41) is 2.02. The van der Waals surface area contributed by atoms with Crippen molar-refractivity contribution in [3.8, 4) is 0 Å². The fraction of sp³-hybridized carbons (Fsp3) is 0.0233. The van der Waals surface area contributed by atoms with Crippen LogP contribution in [0.2, 0.25) is 6.55 Å². The Morgan fingerprint density at radius 1 is 0.339 bits per heavy atom. The molecule has 7 atom stereocenters. The van der Waals surface area contributed by atoms with Crippen LogP contribution in [0.15, 0.2) is 212 Å². The first-order chi connectivity index (χ1) is 29.9. The van der Waals surface area contributed by atoms with Crippen LogP contribution in [0.4, 0.5) is 0 Å². The first-order valence-electron chi connectivity index (χ1n) is 19.8. The molecule has 0 spiro atoms. The third kappa shape index (κ3) is 8.26. The van der Waals surface area contributed by atoms with Gasteiger partial charge in [-0.15, -0.1) is 0 Å². The van der Waals surface area contributed by atoms with Crippen molar-refractivity contribution in [2.75, 3.05) is 0 Å². The van der Waals surface area contributed by atoms with Crippen LogP contribution >= 0.6 is 0 Å². The van der Waals surface area contributed by atoms with Crippen LogP contribution in [0.25, 0.3) is 0 Å². The Hall–Kier alpha value is -4.42. The van der Waals surface area contributed by atoms with E-state index in [1.165, 1.54) is 0 Å². The molecule has 19 heteroatoms. The number of benzene rings is 7. The second-order valence-corrected chi connectivity index (χ2v) is 34.1. The van der Waals surface area contributed by atoms with E-state index < -0.39 is 61.4 Å². The Morgan fingerprint density at radius 3 is 1.00 bits per heavy atom. The van der Waals surface area contributed by atoms with Gasteiger partial charge in [0.1, 0.15) is 0 Å². The van der Waals surface area contributed by atoms with Gasteiger partial charge in [-0.25, -0.2) is 0 Å². The zero-order valence-corrected chi connectivity index (χ0v) is 40.3. The summed E-state index contributed by atoms with van der Waals surface area (Å²) in [6, 6.07) is 60.5. The lowest BCUT2D eigenvalue weighted by Crippen LogP contribution is -2.88. The molecule has 0 aromatic heterocycles. The highest BCUT2D eigenvalue weighted by Crippen LogP contribution is 2.38. The minimum atomic E-state index is -5.08. The standard InChI is InChI=1S/C43H42O12Si7/c1-56(44,37-23-9-2-10-24-37)48-60(41-31-17-6-18-32-41)52-59(47,40-29-15-5-16-30-40)53-61(42-33-19-7-20-34-42)50-57(45,38-25-11-3-12-26-38)49-58(46,39-27-13-4-14-28-39)51-62(54-60,55-61)43-35-21-8-22-36-43/h2-36,44-47H,1H3. The summed E-state index contributed by atoms with van der Waals surface area (Å²) in [4.78, 5) is 52.8. The van der Waals surface area contributed by atoms with E-state index >= 15 is 0 Å². The van der Waals surface area contributed by atoms with E-state index in [1.807, 2.05) is 6.07 Å². The Balaban J connectivity index is 1.40. The molecule has 0 radical (unpaired) electrons. The van der Waals surface area contributed by atoms with Gasteiger partial charge in [0.15, 0.2) is 0 Å². The SMILES string of the molecule is C[Si](O)(O[Si]1(c2ccccc2)O[Si](O)(c2ccccc2)O[Si]2(c3ccccc3)O[Si](O)(c3ccccc3)O[Si](O)(c3ccccc3)O[Si](c3ccccc3)(O1)O2)c1ccccc1. The molecule has 314 valence electrons. The zero-order chi connectivity index (χ0) is 42.9. The minimum absolute atomic E-state index is 0.199. The van der Waals surface area contributed by atoms with Crippen molar-refractivity contribution in [2.45, 2.75) is 6.55 Å². The van der Waals surface area contributed by atoms with Crippen LogP contribution in [0.1, 0.15) is 0 Å². The maximum absolute atomic E-state index is 13.6. The summed E-state index contributed by atoms with van der Waals surface area (Å²) in [5.41, 5.74) is 0. The van der Waals surface area contributed by atoms with Crippen molar-refractivity contribution in [3.05, 3.63) is 212 Å². The number of hydrogen-bond acceptors (Lipinski definition) is 12. The Bertz CT molecular complexity index is 2580. The summed E-state index contributed by atoms with van der Waals surface area (Å²) in [6.45, 7) is 1.59. The fourth-order valence-electron chi connectivity index (χ4n) is 7.34. The van der Waals surface area contributed by atoms with Gasteiger partial charge in [-0.3, -0.25) is 0 Å². The Kier molecular flexibility index (Phi) is 11.7. The molecule has 2 aliphatic rings. The molecule has 7 aromatic carbocycles. The van der Waals surface area contributed by atoms with Gasteiger partial charge >= 0.3 is 61.4 Å². The smallest absolute Gasteiger partial charge is 0.408 e. The second-order valence-electron chi connectivity index (χ2n) is 14.8. The van der Waals surface area contributed by atoms with Gasteiger partial charge in [-0.05, 0) is 11.7 Å². The van der Waals surface area contributed by atoms with Crippen LogP contribution in [0, 0.1) is 0 Å². The highest BCUT2D eigenvalue weighted by atomic mass is 28.6. The molecule has 0 aliphatic carbocycles. The molecule has 2 heterocycles. The van der Waals surface area contributed by atoms with Gasteiger partial charge in [0.25, 0.3) is 0 Å². The van der Waals surface area contributed by atoms with Crippen molar-refractivity contribution in [3.63, 3.8) is 0 Å². The number of hydrogen-bond donors (Lipinski definition) is 4. The molecule has 62 heavy (non-hydrogen) atoms. The fourth-order valence-corrected chi connectivity index (χ4v) is 38.1. The average Bonchev–Trinajstić information content (AvgIpc) is 3.30. The normalized spacial score (nSPS) is 29.8. The first-order valence-corrected chi connectivity index (χ1v) is 32.6. The molecular formula is C43H42O12Si7. The van der Waals surface area contributed by atoms with Crippen molar-refractivity contribution < 1.29 is 52.1 Å². The van der Waals surface area contributed by atoms with Crippen molar-refractivity contribution in [2.24, 2.45) is 0 Å². The van der Waals surface area contributed by atoms with Crippen LogP contribution in [-0.4, -0.2) is 80.6 Å². The zero-order valence-electron chi connectivity index (χ0n) is 33.3. The van der Waals surface area contributed by atoms with E-state index in [0.29, 0.717) is 20.7 Å². The highest BCUT2D eigenvalue weighted by molar-refractivity contribution is 7.07. The predicted octanol–water partition coefficient (Wildman–Crippen LogP) is 1.17. The molecule has 12 nitrogen and oxygen atoms in total. The summed E-state index contributed by atoms with van der Waals surface area (Å²) in [6.07, 6.45) is 0. The van der Waals surface area contributed by atoms with E-state index in [0.717, 1.165) is 0 Å². The van der Waals surface area contributed by atoms with Crippen molar-refractivity contribution >= 4 is 97.7 Å². The van der Waals surface area contributed by atoms with Crippen LogP contribution in [0.5, 0.6) is 0 Å². The maximum Gasteiger partial charge on any atom is 0.520 e. The summed E-state index contributed by atoms with van der Waals surface area (Å²) >= 11 is 0. The van der Waals surface area contributed by atoms with E-state index in [-0.39, 0.29) is 15.6 Å². The maximum atomic E-state index is 13.6. The summed E-state index contributed by atoms with van der Waals surface area (Å²) in [7, 11) is -34.3. The molecule has 2 aliphatic heterocycles. The average molecular weight is 947 g/mol. The Morgan fingerprint density at radius 2 is 0.629 bits per heavy atom. The molecule has 0 saturated carbocycles. The largest absolute Gasteiger partial charge is 0.520 e. The lowest BCUT2D eigenvalue weighted by molar-refractivity contribution is 0.0582. The van der Waals surface area contributed by atoms with Gasteiger partial charge < -0.3 is 52.1 Å². The van der Waals surface area contributed by atoms with Gasteiger partial charge in [0.05, 0.1) is 0 Å². The molecule has 2 bridgehead atoms. The highest BCUT2D eigenvalue weighted by Gasteiger charge is 2.76. The third-order valence-corrected chi connectivity index (χ3v) is 36.0. The molecule has 7 unspecified atom stereocenters. The molecule has 4 N–H and O–H groups in total. The lowest BCUT2D eigenvalue weighted by Gasteiger charge is -2.53. The summed E-state index contributed by atoms with van der Waals surface area (Å²) < 4.78 is 57.9. The Labute approximate surface area is 366 Å². The first kappa shape index (κ1) is 42.9. The summed E-state index contributed by atoms with van der Waals surface area (Å²) in [5.74, 6) is 0. The van der Waals surface area contributed by atoms with E-state index in [1.54, 1.807) is 213 Å². The van der Waals surface area contributed by atoms with E-state index in [4.69, 9.17) is 32.9 Å². The molecule has 2 saturated heterocycles. The van der Waals surface area contributed by atoms with Gasteiger partial charge in [-0.2, -0.15) is 0 Å².